The number of rotatable bonds is 5. The molecular weight excluding hydrogens is 260 g/mol. The Morgan fingerprint density at radius 3 is 2.68 bits per heavy atom. The Morgan fingerprint density at radius 2 is 2.00 bits per heavy atom. The molecule has 2 rings (SSSR count). The van der Waals surface area contributed by atoms with E-state index in [1.54, 1.807) is 13.2 Å². The molecule has 1 unspecified atom stereocenters. The van der Waals surface area contributed by atoms with Gasteiger partial charge in [-0.15, -0.1) is 0 Å². The highest BCUT2D eigenvalue weighted by Crippen LogP contribution is 2.21. The number of nitrogens with zero attached hydrogens (tertiary/aromatic N) is 2. The Labute approximate surface area is 118 Å². The molecule has 5 heteroatoms. The Kier molecular flexibility index (Phi) is 4.58. The van der Waals surface area contributed by atoms with Crippen LogP contribution in [-0.2, 0) is 0 Å². The second-order valence-electron chi connectivity index (χ2n) is 4.33. The normalized spacial score (nSPS) is 11.9. The number of aromatic nitrogens is 2. The summed E-state index contributed by atoms with van der Waals surface area (Å²) in [6.07, 6.45) is 1.59. The van der Waals surface area contributed by atoms with Gasteiger partial charge in [-0.25, -0.2) is 4.98 Å². The number of anilines is 2. The molecule has 0 radical (unpaired) electrons. The van der Waals surface area contributed by atoms with Crippen LogP contribution in [0.3, 0.4) is 0 Å². The SMILES string of the molecule is CNc1ncc(Cl)c(NCC(C)c2ccccc2)n1. The molecule has 0 fully saturated rings. The molecule has 4 nitrogen and oxygen atoms in total. The molecule has 19 heavy (non-hydrogen) atoms. The molecule has 1 aromatic carbocycles. The molecule has 0 aliphatic heterocycles. The largest absolute Gasteiger partial charge is 0.368 e. The predicted octanol–water partition coefficient (Wildman–Crippen LogP) is 3.39. The average molecular weight is 277 g/mol. The molecule has 2 N–H and O–H groups in total. The van der Waals surface area contributed by atoms with E-state index in [1.165, 1.54) is 5.56 Å². The van der Waals surface area contributed by atoms with E-state index in [0.29, 0.717) is 22.7 Å². The van der Waals surface area contributed by atoms with E-state index in [1.807, 2.05) is 18.2 Å². The molecule has 1 heterocycles. The third-order valence-corrected chi connectivity index (χ3v) is 3.19. The fourth-order valence-corrected chi connectivity index (χ4v) is 1.92. The second kappa shape index (κ2) is 6.38. The lowest BCUT2D eigenvalue weighted by molar-refractivity contribution is 0.801. The van der Waals surface area contributed by atoms with Gasteiger partial charge in [-0.1, -0.05) is 48.9 Å². The van der Waals surface area contributed by atoms with Crippen LogP contribution in [0.25, 0.3) is 0 Å². The molecule has 0 bridgehead atoms. The van der Waals surface area contributed by atoms with Gasteiger partial charge in [-0.2, -0.15) is 4.98 Å². The lowest BCUT2D eigenvalue weighted by atomic mass is 10.0. The summed E-state index contributed by atoms with van der Waals surface area (Å²) in [5, 5.41) is 6.68. The first-order chi connectivity index (χ1) is 9.20. The Morgan fingerprint density at radius 1 is 1.26 bits per heavy atom. The maximum Gasteiger partial charge on any atom is 0.224 e. The molecule has 0 aliphatic carbocycles. The Hall–Kier alpha value is -1.81. The first kappa shape index (κ1) is 13.6. The van der Waals surface area contributed by atoms with Gasteiger partial charge in [0, 0.05) is 13.6 Å². The predicted molar refractivity (Wildman–Crippen MR) is 79.9 cm³/mol. The third-order valence-electron chi connectivity index (χ3n) is 2.91. The van der Waals surface area contributed by atoms with Crippen molar-refractivity contribution in [3.05, 3.63) is 47.1 Å². The molecule has 0 saturated carbocycles. The number of hydrogen-bond acceptors (Lipinski definition) is 4. The van der Waals surface area contributed by atoms with Crippen molar-refractivity contribution in [1.82, 2.24) is 9.97 Å². The van der Waals surface area contributed by atoms with Crippen molar-refractivity contribution < 1.29 is 0 Å². The molecule has 0 aliphatic rings. The first-order valence-electron chi connectivity index (χ1n) is 6.20. The van der Waals surface area contributed by atoms with Crippen molar-refractivity contribution in [3.63, 3.8) is 0 Å². The first-order valence-corrected chi connectivity index (χ1v) is 6.57. The number of halogens is 1. The minimum atomic E-state index is 0.380. The summed E-state index contributed by atoms with van der Waals surface area (Å²) in [5.41, 5.74) is 1.29. The van der Waals surface area contributed by atoms with Crippen molar-refractivity contribution in [2.24, 2.45) is 0 Å². The van der Waals surface area contributed by atoms with Gasteiger partial charge in [-0.05, 0) is 11.5 Å². The summed E-state index contributed by atoms with van der Waals surface area (Å²) < 4.78 is 0. The maximum absolute atomic E-state index is 6.07. The number of hydrogen-bond donors (Lipinski definition) is 2. The summed E-state index contributed by atoms with van der Waals surface area (Å²) >= 11 is 6.07. The van der Waals surface area contributed by atoms with E-state index in [-0.39, 0.29) is 0 Å². The number of benzene rings is 1. The molecule has 2 aromatic rings. The van der Waals surface area contributed by atoms with E-state index in [9.17, 15) is 0 Å². The number of nitrogens with one attached hydrogen (secondary N) is 2. The molecule has 1 atom stereocenters. The summed E-state index contributed by atoms with van der Waals surface area (Å²) in [7, 11) is 1.78. The van der Waals surface area contributed by atoms with Crippen molar-refractivity contribution in [2.45, 2.75) is 12.8 Å². The van der Waals surface area contributed by atoms with Gasteiger partial charge in [0.2, 0.25) is 5.95 Å². The van der Waals surface area contributed by atoms with Crippen LogP contribution in [0.5, 0.6) is 0 Å². The van der Waals surface area contributed by atoms with Crippen LogP contribution in [0.1, 0.15) is 18.4 Å². The van der Waals surface area contributed by atoms with E-state index in [4.69, 9.17) is 11.6 Å². The fraction of sp³-hybridized carbons (Fsp3) is 0.286. The Balaban J connectivity index is 2.02. The van der Waals surface area contributed by atoms with Gasteiger partial charge in [-0.3, -0.25) is 0 Å². The van der Waals surface area contributed by atoms with Gasteiger partial charge in [0.25, 0.3) is 0 Å². The standard InChI is InChI=1S/C14H17ClN4/c1-10(11-6-4-3-5-7-11)8-17-13-12(15)9-18-14(16-2)19-13/h3-7,9-10H,8H2,1-2H3,(H2,16,17,18,19). The van der Waals surface area contributed by atoms with Gasteiger partial charge >= 0.3 is 0 Å². The molecule has 1 aromatic heterocycles. The lowest BCUT2D eigenvalue weighted by Gasteiger charge is -2.14. The van der Waals surface area contributed by atoms with Crippen LogP contribution < -0.4 is 10.6 Å². The van der Waals surface area contributed by atoms with E-state index < -0.39 is 0 Å². The van der Waals surface area contributed by atoms with Crippen LogP contribution >= 0.6 is 11.6 Å². The van der Waals surface area contributed by atoms with Gasteiger partial charge in [0.05, 0.1) is 6.20 Å². The smallest absolute Gasteiger partial charge is 0.224 e. The third kappa shape index (κ3) is 3.58. The zero-order chi connectivity index (χ0) is 13.7. The van der Waals surface area contributed by atoms with E-state index >= 15 is 0 Å². The molecule has 100 valence electrons. The van der Waals surface area contributed by atoms with Crippen LogP contribution in [-0.4, -0.2) is 23.6 Å². The van der Waals surface area contributed by atoms with Crippen LogP contribution in [0, 0.1) is 0 Å². The molecule has 0 saturated heterocycles. The second-order valence-corrected chi connectivity index (χ2v) is 4.74. The minimum Gasteiger partial charge on any atom is -0.368 e. The zero-order valence-electron chi connectivity index (χ0n) is 11.0. The minimum absolute atomic E-state index is 0.380. The summed E-state index contributed by atoms with van der Waals surface area (Å²) in [6.45, 7) is 2.93. The monoisotopic (exact) mass is 276 g/mol. The van der Waals surface area contributed by atoms with E-state index in [2.05, 4.69) is 39.7 Å². The summed E-state index contributed by atoms with van der Waals surface area (Å²) in [5.74, 6) is 1.59. The topological polar surface area (TPSA) is 49.8 Å². The highest BCUT2D eigenvalue weighted by atomic mass is 35.5. The van der Waals surface area contributed by atoms with Crippen molar-refractivity contribution in [1.29, 1.82) is 0 Å². The highest BCUT2D eigenvalue weighted by Gasteiger charge is 2.08. The van der Waals surface area contributed by atoms with Crippen molar-refractivity contribution >= 4 is 23.4 Å². The molecular formula is C14H17ClN4. The van der Waals surface area contributed by atoms with Crippen LogP contribution in [0.2, 0.25) is 5.02 Å². The fourth-order valence-electron chi connectivity index (χ4n) is 1.76. The van der Waals surface area contributed by atoms with E-state index in [0.717, 1.165) is 6.54 Å². The molecule has 0 spiro atoms. The highest BCUT2D eigenvalue weighted by molar-refractivity contribution is 6.32. The van der Waals surface area contributed by atoms with Crippen LogP contribution in [0.15, 0.2) is 36.5 Å². The molecule has 0 amide bonds. The van der Waals surface area contributed by atoms with Gasteiger partial charge in [0.1, 0.15) is 5.02 Å². The van der Waals surface area contributed by atoms with Crippen molar-refractivity contribution in [2.75, 3.05) is 24.2 Å². The van der Waals surface area contributed by atoms with Crippen molar-refractivity contribution in [3.8, 4) is 0 Å². The lowest BCUT2D eigenvalue weighted by Crippen LogP contribution is -2.12. The Bertz CT molecular complexity index is 530. The quantitative estimate of drug-likeness (QED) is 0.879. The van der Waals surface area contributed by atoms with Crippen LogP contribution in [0.4, 0.5) is 11.8 Å². The summed E-state index contributed by atoms with van der Waals surface area (Å²) in [6, 6.07) is 10.3. The summed E-state index contributed by atoms with van der Waals surface area (Å²) in [4.78, 5) is 8.34. The zero-order valence-corrected chi connectivity index (χ0v) is 11.8. The average Bonchev–Trinajstić information content (AvgIpc) is 2.47. The van der Waals surface area contributed by atoms with Gasteiger partial charge < -0.3 is 10.6 Å². The van der Waals surface area contributed by atoms with Gasteiger partial charge in [0.15, 0.2) is 5.82 Å². The maximum atomic E-state index is 6.07.